The Balaban J connectivity index is 0.888. The van der Waals surface area contributed by atoms with Crippen LogP contribution in [0.2, 0.25) is 0 Å². The van der Waals surface area contributed by atoms with Crippen LogP contribution in [0.25, 0.3) is 11.0 Å². The lowest BCUT2D eigenvalue weighted by atomic mass is 9.59. The maximum atomic E-state index is 14.2. The minimum Gasteiger partial charge on any atom is -0.491 e. The third-order valence-corrected chi connectivity index (χ3v) is 18.2. The Kier molecular flexibility index (Phi) is 13.0. The van der Waals surface area contributed by atoms with E-state index in [1.807, 2.05) is 0 Å². The number of thioether (sulfide) groups is 1. The lowest BCUT2D eigenvalue weighted by Crippen LogP contribution is -2.54. The average Bonchev–Trinajstić information content (AvgIpc) is 4.00. The summed E-state index contributed by atoms with van der Waals surface area (Å²) in [6.07, 6.45) is 10.7. The van der Waals surface area contributed by atoms with Crippen LogP contribution >= 0.6 is 11.8 Å². The summed E-state index contributed by atoms with van der Waals surface area (Å²) in [6.45, 7) is 5.75. The molecule has 2 aromatic heterocycles. The first-order chi connectivity index (χ1) is 33.4. The molecule has 2 saturated carbocycles. The molecule has 3 aliphatic heterocycles. The lowest BCUT2D eigenvalue weighted by molar-refractivity contribution is -0.388. The van der Waals surface area contributed by atoms with Gasteiger partial charge in [0.1, 0.15) is 28.6 Å². The van der Waals surface area contributed by atoms with Crippen LogP contribution in [0.15, 0.2) is 82.7 Å². The Morgan fingerprint density at radius 3 is 2.50 bits per heavy atom. The Labute approximate surface area is 409 Å². The summed E-state index contributed by atoms with van der Waals surface area (Å²) < 4.78 is 74.7. The van der Waals surface area contributed by atoms with Crippen molar-refractivity contribution in [1.82, 2.24) is 19.6 Å². The smallest absolute Gasteiger partial charge is 0.388 e. The van der Waals surface area contributed by atoms with Crippen molar-refractivity contribution in [3.05, 3.63) is 99.7 Å². The molecular weight excluding hydrogens is 943 g/mol. The van der Waals surface area contributed by atoms with E-state index in [1.165, 1.54) is 47.5 Å². The minimum absolute atomic E-state index is 0.00653. The number of nitrogens with zero attached hydrogens (tertiary/aromatic N) is 4. The molecule has 5 aromatic rings. The zero-order valence-corrected chi connectivity index (χ0v) is 41.0. The van der Waals surface area contributed by atoms with Crippen molar-refractivity contribution in [1.29, 1.82) is 0 Å². The monoisotopic (exact) mass is 1000 g/mol. The van der Waals surface area contributed by atoms with E-state index in [1.54, 1.807) is 31.3 Å². The Bertz CT molecular complexity index is 2910. The number of hydrogen-bond donors (Lipinski definition) is 3. The van der Waals surface area contributed by atoms with Gasteiger partial charge in [-0.05, 0) is 130 Å². The average molecular weight is 1000 g/mol. The number of rotatable bonds is 13. The lowest BCUT2D eigenvalue weighted by Gasteiger charge is -2.56. The van der Waals surface area contributed by atoms with Gasteiger partial charge in [0.15, 0.2) is 5.75 Å². The summed E-state index contributed by atoms with van der Waals surface area (Å²) in [5.41, 5.74) is 2.50. The Morgan fingerprint density at radius 2 is 1.77 bits per heavy atom. The van der Waals surface area contributed by atoms with E-state index in [4.69, 9.17) is 14.2 Å². The number of aromatic nitrogens is 2. The number of piperidine rings is 1. The molecule has 1 spiro atoms. The highest BCUT2D eigenvalue weighted by Gasteiger charge is 2.50. The van der Waals surface area contributed by atoms with Crippen molar-refractivity contribution < 1.29 is 46.2 Å². The van der Waals surface area contributed by atoms with Gasteiger partial charge in [-0.25, -0.2) is 13.1 Å². The van der Waals surface area contributed by atoms with Crippen molar-refractivity contribution in [2.45, 2.75) is 130 Å². The molecule has 2 aliphatic carbocycles. The number of nitrogens with one attached hydrogen (secondary N) is 2. The standard InChI is InChI=1S/C51H58F2N6O9S2/c1-30(2)36-7-4-5-8-37(36)39-9-6-20-58(39)34-27-51(28-34)17-21-57(22-18-51)33-10-11-38(41(24-33)67-43-23-32-14-19-54-46(32)55-48(43)68-49(52)53)47(60)56-70(64,65)35-25-40(59(62)63)45-42(26-35)66-29-44(69-45)31-12-15-50(3,61)16-13-31/h4-5,7-8,10-11,14,19,23-26,30-31,34,39,44,49,61H,6,9,12-13,15-18,20-22,27-29H2,1-3H3,(H,54,55)(H,56,60)/t31?,39-,44-,50?/m1/s1. The number of nitro groups is 1. The zero-order chi connectivity index (χ0) is 49.1. The van der Waals surface area contributed by atoms with Gasteiger partial charge < -0.3 is 29.2 Å². The van der Waals surface area contributed by atoms with Crippen LogP contribution in [0.5, 0.6) is 23.1 Å². The maximum absolute atomic E-state index is 14.2. The van der Waals surface area contributed by atoms with Crippen LogP contribution < -0.4 is 23.8 Å². The van der Waals surface area contributed by atoms with Crippen molar-refractivity contribution >= 4 is 50.1 Å². The van der Waals surface area contributed by atoms with E-state index in [2.05, 4.69) is 62.6 Å². The zero-order valence-electron chi connectivity index (χ0n) is 39.4. The van der Waals surface area contributed by atoms with Gasteiger partial charge in [0.05, 0.1) is 21.0 Å². The number of sulfonamides is 1. The number of pyridine rings is 1. The van der Waals surface area contributed by atoms with Crippen LogP contribution in [-0.4, -0.2) is 89.0 Å². The largest absolute Gasteiger partial charge is 0.491 e. The summed E-state index contributed by atoms with van der Waals surface area (Å²) in [6, 6.07) is 19.6. The first-order valence-electron chi connectivity index (χ1n) is 24.2. The number of benzene rings is 3. The molecule has 0 bridgehead atoms. The highest BCUT2D eigenvalue weighted by atomic mass is 32.2. The molecular formula is C51H58F2N6O9S2. The molecule has 2 saturated heterocycles. The van der Waals surface area contributed by atoms with Crippen molar-refractivity contribution in [2.75, 3.05) is 31.1 Å². The molecule has 372 valence electrons. The van der Waals surface area contributed by atoms with Crippen LogP contribution in [0.4, 0.5) is 20.2 Å². The number of fused-ring (bicyclic) bond motifs is 2. The Morgan fingerprint density at radius 1 is 1.01 bits per heavy atom. The number of anilines is 1. The van der Waals surface area contributed by atoms with Gasteiger partial charge >= 0.3 is 6.61 Å². The number of aliphatic hydroxyl groups is 1. The summed E-state index contributed by atoms with van der Waals surface area (Å²) >= 11 is 1.26. The highest BCUT2D eigenvalue weighted by Crippen LogP contribution is 2.55. The number of H-pyrrole nitrogens is 1. The fourth-order valence-corrected chi connectivity index (χ4v) is 13.9. The van der Waals surface area contributed by atoms with Crippen molar-refractivity contribution in [3.63, 3.8) is 0 Å². The molecule has 1 amide bonds. The van der Waals surface area contributed by atoms with Crippen molar-refractivity contribution in [2.24, 2.45) is 11.3 Å². The van der Waals surface area contributed by atoms with Gasteiger partial charge in [0.25, 0.3) is 27.5 Å². The molecule has 15 nitrogen and oxygen atoms in total. The second-order valence-corrected chi connectivity index (χ2v) is 23.3. The number of likely N-dealkylation sites (tertiary alicyclic amines) is 1. The molecule has 3 aromatic carbocycles. The van der Waals surface area contributed by atoms with Crippen LogP contribution in [0.3, 0.4) is 0 Å². The number of aromatic amines is 1. The molecule has 0 radical (unpaired) electrons. The van der Waals surface area contributed by atoms with Crippen LogP contribution in [0.1, 0.15) is 118 Å². The topological polar surface area (TPSA) is 189 Å². The predicted octanol–water partition coefficient (Wildman–Crippen LogP) is 10.5. The normalized spacial score (nSPS) is 23.8. The number of hydrogen-bond acceptors (Lipinski definition) is 13. The molecule has 5 heterocycles. The molecule has 2 atom stereocenters. The van der Waals surface area contributed by atoms with E-state index in [9.17, 15) is 37.2 Å². The SMILES string of the molecule is CC(C)c1ccccc1[C@H]1CCCN1C1CC2(CCN(c3ccc(C(=O)NS(=O)(=O)c4cc5c(c([N+](=O)[O-])c4)S[C@@H](C4CCC(C)(O)CC4)CO5)c(Oc4cc5cc[nH]c5nc4OC(F)F)c3)CC2)C1. The maximum Gasteiger partial charge on any atom is 0.388 e. The van der Waals surface area contributed by atoms with Gasteiger partial charge in [-0.2, -0.15) is 13.8 Å². The first-order valence-corrected chi connectivity index (χ1v) is 26.6. The van der Waals surface area contributed by atoms with Crippen LogP contribution in [0, 0.1) is 21.4 Å². The van der Waals surface area contributed by atoms with E-state index in [0.29, 0.717) is 67.8 Å². The van der Waals surface area contributed by atoms with Gasteiger partial charge in [-0.1, -0.05) is 38.1 Å². The molecule has 0 unspecified atom stereocenters. The number of nitro benzene ring substituents is 1. The van der Waals surface area contributed by atoms with Gasteiger partial charge in [-0.15, -0.1) is 11.8 Å². The number of carbonyl (C=O) groups is 1. The van der Waals surface area contributed by atoms with E-state index < -0.39 is 49.5 Å². The third kappa shape index (κ3) is 9.65. The van der Waals surface area contributed by atoms with Gasteiger partial charge in [0.2, 0.25) is 0 Å². The van der Waals surface area contributed by atoms with E-state index >= 15 is 0 Å². The second-order valence-electron chi connectivity index (χ2n) is 20.4. The third-order valence-electron chi connectivity index (χ3n) is 15.4. The highest BCUT2D eigenvalue weighted by molar-refractivity contribution is 8.00. The summed E-state index contributed by atoms with van der Waals surface area (Å²) in [7, 11) is -4.79. The Hall–Kier alpha value is -5.50. The molecule has 4 fully saturated rings. The van der Waals surface area contributed by atoms with Gasteiger partial charge in [-0.3, -0.25) is 19.8 Å². The molecule has 10 rings (SSSR count). The summed E-state index contributed by atoms with van der Waals surface area (Å²) in [5.74, 6) is -1.49. The molecule has 70 heavy (non-hydrogen) atoms. The van der Waals surface area contributed by atoms with E-state index in [-0.39, 0.29) is 56.5 Å². The number of alkyl halides is 2. The molecule has 3 N–H and O–H groups in total. The van der Waals surface area contributed by atoms with Crippen LogP contribution in [-0.2, 0) is 10.0 Å². The molecule has 19 heteroatoms. The number of halogens is 2. The molecule has 5 aliphatic rings. The van der Waals surface area contributed by atoms with Crippen molar-refractivity contribution in [3.8, 4) is 23.1 Å². The number of amides is 1. The van der Waals surface area contributed by atoms with Gasteiger partial charge in [0, 0.05) is 65.9 Å². The summed E-state index contributed by atoms with van der Waals surface area (Å²) in [4.78, 5) is 37.6. The minimum atomic E-state index is -4.79. The first kappa shape index (κ1) is 48.1. The second kappa shape index (κ2) is 18.9. The number of carbonyl (C=O) groups excluding carboxylic acids is 1. The quantitative estimate of drug-likeness (QED) is 0.0747. The summed E-state index contributed by atoms with van der Waals surface area (Å²) in [5, 5.41) is 23.3. The predicted molar refractivity (Wildman–Crippen MR) is 261 cm³/mol. The fraction of sp³-hybridized carbons (Fsp3) is 0.490. The van der Waals surface area contributed by atoms with E-state index in [0.717, 1.165) is 44.7 Å². The fourth-order valence-electron chi connectivity index (χ4n) is 11.5. The number of ether oxygens (including phenoxy) is 3.